The third-order valence-corrected chi connectivity index (χ3v) is 3.34. The molecule has 106 valence electrons. The zero-order valence-corrected chi connectivity index (χ0v) is 11.7. The Bertz CT molecular complexity index is 619. The minimum Gasteiger partial charge on any atom is -0.383 e. The number of hydrogen-bond donors (Lipinski definition) is 2. The Labute approximate surface area is 117 Å². The van der Waals surface area contributed by atoms with Gasteiger partial charge in [0.1, 0.15) is 17.5 Å². The average molecular weight is 274 g/mol. The first-order valence-electron chi connectivity index (χ1n) is 6.80. The van der Waals surface area contributed by atoms with Crippen molar-refractivity contribution in [2.24, 2.45) is 0 Å². The van der Waals surface area contributed by atoms with Crippen molar-refractivity contribution in [1.29, 1.82) is 0 Å². The van der Waals surface area contributed by atoms with E-state index in [4.69, 9.17) is 10.3 Å². The van der Waals surface area contributed by atoms with E-state index in [0.29, 0.717) is 36.4 Å². The number of aromatic nitrogens is 4. The molecule has 1 saturated carbocycles. The Morgan fingerprint density at radius 1 is 1.25 bits per heavy atom. The fourth-order valence-corrected chi connectivity index (χ4v) is 1.98. The minimum atomic E-state index is 0.483. The predicted molar refractivity (Wildman–Crippen MR) is 74.4 cm³/mol. The Morgan fingerprint density at radius 2 is 2.05 bits per heavy atom. The summed E-state index contributed by atoms with van der Waals surface area (Å²) >= 11 is 0. The van der Waals surface area contributed by atoms with Crippen molar-refractivity contribution in [3.05, 3.63) is 23.1 Å². The van der Waals surface area contributed by atoms with Gasteiger partial charge in [0.05, 0.1) is 0 Å². The molecule has 2 aromatic heterocycles. The molecule has 3 N–H and O–H groups in total. The number of nitrogens with one attached hydrogen (secondary N) is 1. The fraction of sp³-hybridized carbons (Fsp3) is 0.538. The molecule has 2 heterocycles. The first kappa shape index (κ1) is 12.8. The van der Waals surface area contributed by atoms with E-state index in [1.165, 1.54) is 0 Å². The topological polar surface area (TPSA) is 103 Å². The van der Waals surface area contributed by atoms with E-state index in [2.05, 4.69) is 25.4 Å². The van der Waals surface area contributed by atoms with Crippen LogP contribution in [0.3, 0.4) is 0 Å². The van der Waals surface area contributed by atoms with Crippen LogP contribution < -0.4 is 11.1 Å². The molecule has 1 aliphatic rings. The normalized spacial score (nSPS) is 14.5. The highest BCUT2D eigenvalue weighted by Gasteiger charge is 2.27. The van der Waals surface area contributed by atoms with Gasteiger partial charge in [-0.1, -0.05) is 5.16 Å². The van der Waals surface area contributed by atoms with Crippen LogP contribution in [0.4, 0.5) is 11.6 Å². The van der Waals surface area contributed by atoms with Crippen molar-refractivity contribution in [3.63, 3.8) is 0 Å². The summed E-state index contributed by atoms with van der Waals surface area (Å²) in [6.45, 7) is 4.39. The second-order valence-corrected chi connectivity index (χ2v) is 5.13. The monoisotopic (exact) mass is 274 g/mol. The van der Waals surface area contributed by atoms with Gasteiger partial charge >= 0.3 is 0 Å². The standard InChI is InChI=1S/C13H18N6O/c1-7-11(14)17-13(9-3-4-9)18-12(7)15-6-5-10-16-8(2)19-20-10/h9H,3-6H2,1-2H3,(H3,14,15,17,18). The molecular formula is C13H18N6O. The van der Waals surface area contributed by atoms with E-state index in [9.17, 15) is 0 Å². The summed E-state index contributed by atoms with van der Waals surface area (Å²) < 4.78 is 5.07. The summed E-state index contributed by atoms with van der Waals surface area (Å²) in [6, 6.07) is 0. The molecular weight excluding hydrogens is 256 g/mol. The van der Waals surface area contributed by atoms with Crippen molar-refractivity contribution in [1.82, 2.24) is 20.1 Å². The highest BCUT2D eigenvalue weighted by atomic mass is 16.5. The molecule has 3 rings (SSSR count). The molecule has 7 heteroatoms. The number of nitrogen functional groups attached to an aromatic ring is 1. The maximum atomic E-state index is 5.94. The average Bonchev–Trinajstić information content (AvgIpc) is 3.18. The molecule has 0 amide bonds. The minimum absolute atomic E-state index is 0.483. The van der Waals surface area contributed by atoms with Crippen molar-refractivity contribution in [2.75, 3.05) is 17.6 Å². The maximum absolute atomic E-state index is 5.94. The smallest absolute Gasteiger partial charge is 0.228 e. The van der Waals surface area contributed by atoms with E-state index >= 15 is 0 Å². The van der Waals surface area contributed by atoms with Gasteiger partial charge in [-0.05, 0) is 26.7 Å². The number of anilines is 2. The maximum Gasteiger partial charge on any atom is 0.228 e. The van der Waals surface area contributed by atoms with Gasteiger partial charge in [-0.15, -0.1) is 0 Å². The van der Waals surface area contributed by atoms with Crippen LogP contribution >= 0.6 is 0 Å². The largest absolute Gasteiger partial charge is 0.383 e. The zero-order valence-electron chi connectivity index (χ0n) is 11.7. The molecule has 7 nitrogen and oxygen atoms in total. The van der Waals surface area contributed by atoms with Gasteiger partial charge in [-0.3, -0.25) is 0 Å². The molecule has 0 radical (unpaired) electrons. The molecule has 0 aliphatic heterocycles. The molecule has 0 bridgehead atoms. The van der Waals surface area contributed by atoms with Crippen LogP contribution in [0.5, 0.6) is 0 Å². The first-order valence-corrected chi connectivity index (χ1v) is 6.80. The van der Waals surface area contributed by atoms with Crippen molar-refractivity contribution < 1.29 is 4.52 Å². The number of nitrogens with zero attached hydrogens (tertiary/aromatic N) is 4. The van der Waals surface area contributed by atoms with E-state index in [0.717, 1.165) is 30.0 Å². The molecule has 1 fully saturated rings. The van der Waals surface area contributed by atoms with Gasteiger partial charge in [0.15, 0.2) is 5.82 Å². The lowest BCUT2D eigenvalue weighted by atomic mass is 10.2. The van der Waals surface area contributed by atoms with E-state index in [-0.39, 0.29) is 0 Å². The number of aryl methyl sites for hydroxylation is 1. The summed E-state index contributed by atoms with van der Waals surface area (Å²) in [7, 11) is 0. The van der Waals surface area contributed by atoms with Crippen molar-refractivity contribution in [2.45, 2.75) is 39.0 Å². The molecule has 20 heavy (non-hydrogen) atoms. The predicted octanol–water partition coefficient (Wildman–Crippen LogP) is 1.59. The summed E-state index contributed by atoms with van der Waals surface area (Å²) in [6.07, 6.45) is 2.97. The molecule has 1 aliphatic carbocycles. The van der Waals surface area contributed by atoms with Crippen molar-refractivity contribution in [3.8, 4) is 0 Å². The van der Waals surface area contributed by atoms with Gasteiger partial charge in [0.2, 0.25) is 5.89 Å². The van der Waals surface area contributed by atoms with E-state index < -0.39 is 0 Å². The zero-order chi connectivity index (χ0) is 14.1. The third-order valence-electron chi connectivity index (χ3n) is 3.34. The number of nitrogens with two attached hydrogens (primary N) is 1. The Morgan fingerprint density at radius 3 is 2.70 bits per heavy atom. The van der Waals surface area contributed by atoms with Gasteiger partial charge in [-0.25, -0.2) is 9.97 Å². The van der Waals surface area contributed by atoms with Crippen LogP contribution in [0.25, 0.3) is 0 Å². The van der Waals surface area contributed by atoms with Gasteiger partial charge in [0, 0.05) is 24.4 Å². The number of rotatable bonds is 5. The SMILES string of the molecule is Cc1noc(CCNc2nc(C3CC3)nc(N)c2C)n1. The highest BCUT2D eigenvalue weighted by molar-refractivity contribution is 5.55. The molecule has 0 aromatic carbocycles. The fourth-order valence-electron chi connectivity index (χ4n) is 1.98. The van der Waals surface area contributed by atoms with Crippen LogP contribution in [-0.2, 0) is 6.42 Å². The van der Waals surface area contributed by atoms with Crippen LogP contribution in [0.15, 0.2) is 4.52 Å². The second-order valence-electron chi connectivity index (χ2n) is 5.13. The lowest BCUT2D eigenvalue weighted by molar-refractivity contribution is 0.377. The molecule has 0 unspecified atom stereocenters. The van der Waals surface area contributed by atoms with Crippen molar-refractivity contribution >= 4 is 11.6 Å². The first-order chi connectivity index (χ1) is 9.63. The Kier molecular flexibility index (Phi) is 3.25. The summed E-state index contributed by atoms with van der Waals surface area (Å²) in [5.74, 6) is 3.96. The quantitative estimate of drug-likeness (QED) is 0.853. The third kappa shape index (κ3) is 2.71. The molecule has 0 spiro atoms. The van der Waals surface area contributed by atoms with Crippen LogP contribution in [0.2, 0.25) is 0 Å². The lowest BCUT2D eigenvalue weighted by Crippen LogP contribution is -2.11. The van der Waals surface area contributed by atoms with Gasteiger partial charge in [-0.2, -0.15) is 4.98 Å². The van der Waals surface area contributed by atoms with Crippen LogP contribution in [-0.4, -0.2) is 26.7 Å². The van der Waals surface area contributed by atoms with Crippen LogP contribution in [0.1, 0.15) is 41.9 Å². The van der Waals surface area contributed by atoms with E-state index in [1.807, 2.05) is 6.92 Å². The van der Waals surface area contributed by atoms with Gasteiger partial charge in [0.25, 0.3) is 0 Å². The number of hydrogen-bond acceptors (Lipinski definition) is 7. The summed E-state index contributed by atoms with van der Waals surface area (Å²) in [4.78, 5) is 13.1. The summed E-state index contributed by atoms with van der Waals surface area (Å²) in [5.41, 5.74) is 6.83. The molecule has 0 saturated heterocycles. The van der Waals surface area contributed by atoms with Crippen LogP contribution in [0, 0.1) is 13.8 Å². The molecule has 2 aromatic rings. The van der Waals surface area contributed by atoms with E-state index in [1.54, 1.807) is 6.92 Å². The second kappa shape index (κ2) is 5.07. The Balaban J connectivity index is 1.67. The Hall–Kier alpha value is -2.18. The van der Waals surface area contributed by atoms with Gasteiger partial charge < -0.3 is 15.6 Å². The lowest BCUT2D eigenvalue weighted by Gasteiger charge is -2.11. The summed E-state index contributed by atoms with van der Waals surface area (Å²) in [5, 5.41) is 7.04. The highest BCUT2D eigenvalue weighted by Crippen LogP contribution is 2.39. The molecule has 0 atom stereocenters.